The second-order valence-corrected chi connectivity index (χ2v) is 12.6. The smallest absolute Gasteiger partial charge is 0.322 e. The maximum Gasteiger partial charge on any atom is 0.322 e. The fourth-order valence-electron chi connectivity index (χ4n) is 9.35. The molecule has 0 bridgehead atoms. The number of carboxylic acids is 1. The van der Waals surface area contributed by atoms with E-state index in [2.05, 4.69) is 19.2 Å². The number of methoxy groups -OCH3 is 1. The van der Waals surface area contributed by atoms with E-state index >= 15 is 0 Å². The summed E-state index contributed by atoms with van der Waals surface area (Å²) >= 11 is 0. The second kappa shape index (κ2) is 9.55. The third-order valence-corrected chi connectivity index (χ3v) is 11.1. The van der Waals surface area contributed by atoms with Crippen LogP contribution >= 0.6 is 0 Å². The molecule has 4 saturated carbocycles. The van der Waals surface area contributed by atoms with Gasteiger partial charge in [-0.25, -0.2) is 0 Å². The minimum Gasteiger partial charge on any atom is -0.480 e. The van der Waals surface area contributed by atoms with E-state index in [-0.39, 0.29) is 11.3 Å². The summed E-state index contributed by atoms with van der Waals surface area (Å²) in [5, 5.41) is 12.8. The van der Waals surface area contributed by atoms with Crippen LogP contribution in [0.2, 0.25) is 0 Å². The summed E-state index contributed by atoms with van der Waals surface area (Å²) in [6.07, 6.45) is 11.1. The molecule has 10 atom stereocenters. The molecule has 4 aliphatic rings. The fraction of sp³-hybridized carbons (Fsp3) is 0.893. The Bertz CT molecular complexity index is 813. The average molecular weight is 476 g/mol. The first-order chi connectivity index (χ1) is 16.0. The predicted molar refractivity (Wildman–Crippen MR) is 130 cm³/mol. The normalized spacial score (nSPS) is 43.1. The van der Waals surface area contributed by atoms with Crippen molar-refractivity contribution in [1.82, 2.24) is 5.32 Å². The van der Waals surface area contributed by atoms with Crippen LogP contribution in [-0.2, 0) is 19.1 Å². The highest BCUT2D eigenvalue weighted by molar-refractivity contribution is 5.79. The van der Waals surface area contributed by atoms with Crippen molar-refractivity contribution in [3.05, 3.63) is 0 Å². The minimum absolute atomic E-state index is 0.199. The molecular formula is C28H45NO5. The summed E-state index contributed by atoms with van der Waals surface area (Å²) in [6, 6.07) is -1.35. The lowest BCUT2D eigenvalue weighted by atomic mass is 9.44. The molecule has 4 aliphatic carbocycles. The quantitative estimate of drug-likeness (QED) is 0.512. The van der Waals surface area contributed by atoms with Gasteiger partial charge in [-0.15, -0.1) is 0 Å². The summed E-state index contributed by atoms with van der Waals surface area (Å²) in [7, 11) is 1.33. The first-order valence-electron chi connectivity index (χ1n) is 13.6. The van der Waals surface area contributed by atoms with Crippen LogP contribution in [0.4, 0.5) is 0 Å². The summed E-state index contributed by atoms with van der Waals surface area (Å²) in [6.45, 7) is 8.40. The summed E-state index contributed by atoms with van der Waals surface area (Å²) < 4.78 is 4.76. The monoisotopic (exact) mass is 475 g/mol. The van der Waals surface area contributed by atoms with Crippen LogP contribution in [0.15, 0.2) is 0 Å². The number of rotatable bonds is 7. The molecule has 4 fully saturated rings. The molecule has 6 heteroatoms. The van der Waals surface area contributed by atoms with Crippen molar-refractivity contribution in [2.24, 2.45) is 46.3 Å². The maximum atomic E-state index is 12.4. The van der Waals surface area contributed by atoms with Crippen LogP contribution in [0.3, 0.4) is 0 Å². The Balaban J connectivity index is 1.42. The van der Waals surface area contributed by atoms with Crippen molar-refractivity contribution in [3.63, 3.8) is 0 Å². The molecule has 0 aromatic carbocycles. The molecule has 0 saturated heterocycles. The number of hydrogen-bond donors (Lipinski definition) is 2. The lowest BCUT2D eigenvalue weighted by molar-refractivity contribution is -0.145. The van der Waals surface area contributed by atoms with Crippen LogP contribution in [0.1, 0.15) is 91.9 Å². The molecule has 0 aromatic rings. The van der Waals surface area contributed by atoms with E-state index in [1.807, 2.05) is 0 Å². The number of carbonyl (C=O) groups is 3. The van der Waals surface area contributed by atoms with E-state index in [9.17, 15) is 19.5 Å². The zero-order chi connectivity index (χ0) is 24.8. The van der Waals surface area contributed by atoms with Crippen molar-refractivity contribution in [1.29, 1.82) is 0 Å². The van der Waals surface area contributed by atoms with Gasteiger partial charge in [0, 0.05) is 5.92 Å². The highest BCUT2D eigenvalue weighted by atomic mass is 16.5. The van der Waals surface area contributed by atoms with Gasteiger partial charge in [-0.2, -0.15) is 0 Å². The molecule has 0 aromatic heterocycles. The number of ether oxygens (including phenoxy) is 1. The number of nitrogens with one attached hydrogen (secondary N) is 1. The first-order valence-corrected chi connectivity index (χ1v) is 13.6. The van der Waals surface area contributed by atoms with Crippen LogP contribution in [0.25, 0.3) is 0 Å². The molecule has 6 nitrogen and oxygen atoms in total. The Morgan fingerprint density at radius 2 is 1.68 bits per heavy atom. The van der Waals surface area contributed by atoms with Gasteiger partial charge in [0.1, 0.15) is 17.9 Å². The number of fused-ring (bicyclic) bond motifs is 5. The molecule has 0 spiro atoms. The summed E-state index contributed by atoms with van der Waals surface area (Å²) in [5.74, 6) is 2.53. The largest absolute Gasteiger partial charge is 0.480 e. The molecule has 192 valence electrons. The fourth-order valence-corrected chi connectivity index (χ4v) is 9.35. The van der Waals surface area contributed by atoms with Gasteiger partial charge in [0.15, 0.2) is 0 Å². The van der Waals surface area contributed by atoms with Gasteiger partial charge >= 0.3 is 11.9 Å². The van der Waals surface area contributed by atoms with E-state index in [0.717, 1.165) is 31.1 Å². The van der Waals surface area contributed by atoms with Gasteiger partial charge in [0.05, 0.1) is 7.11 Å². The zero-order valence-electron chi connectivity index (χ0n) is 21.8. The number of Topliss-reactive ketones (excluding diaryl/α,β-unsaturated/α-hetero) is 1. The van der Waals surface area contributed by atoms with Crippen molar-refractivity contribution in [2.45, 2.75) is 104 Å². The molecule has 4 rings (SSSR count). The highest BCUT2D eigenvalue weighted by Gasteiger charge is 2.60. The Labute approximate surface area is 205 Å². The number of carbonyl (C=O) groups excluding carboxylic acids is 2. The van der Waals surface area contributed by atoms with E-state index in [0.29, 0.717) is 35.4 Å². The number of hydrogen-bond acceptors (Lipinski definition) is 5. The van der Waals surface area contributed by atoms with Crippen LogP contribution < -0.4 is 5.32 Å². The lowest BCUT2D eigenvalue weighted by Crippen LogP contribution is -2.54. The van der Waals surface area contributed by atoms with Gasteiger partial charge in [0.2, 0.25) is 0 Å². The highest BCUT2D eigenvalue weighted by Crippen LogP contribution is 2.67. The van der Waals surface area contributed by atoms with Crippen LogP contribution in [-0.4, -0.2) is 42.0 Å². The van der Waals surface area contributed by atoms with Gasteiger partial charge in [-0.1, -0.05) is 13.8 Å². The summed E-state index contributed by atoms with van der Waals surface area (Å²) in [5.41, 5.74) is 0.532. The molecule has 0 heterocycles. The van der Waals surface area contributed by atoms with E-state index in [1.54, 1.807) is 13.8 Å². The van der Waals surface area contributed by atoms with E-state index in [4.69, 9.17) is 4.74 Å². The molecule has 1 unspecified atom stereocenters. The second-order valence-electron chi connectivity index (χ2n) is 12.6. The molecular weight excluding hydrogens is 430 g/mol. The Kier molecular flexibility index (Phi) is 7.21. The number of aliphatic carboxylic acids is 1. The SMILES string of the molecule is COC(=O)[C@H](C)NC(C[C@H]1CC[C@@]2(C)[C@@H](CC[C@@H]3[C@@H]2CC[C@]2(C)[C@@H](C(C)=O)CC[C@@H]32)C1)C(=O)O. The summed E-state index contributed by atoms with van der Waals surface area (Å²) in [4.78, 5) is 36.1. The minimum atomic E-state index is -0.888. The number of carboxylic acid groups (broad SMARTS) is 1. The van der Waals surface area contributed by atoms with Gasteiger partial charge in [-0.3, -0.25) is 19.7 Å². The first kappa shape index (κ1) is 25.7. The predicted octanol–water partition coefficient (Wildman–Crippen LogP) is 4.84. The van der Waals surface area contributed by atoms with Gasteiger partial charge in [0.25, 0.3) is 0 Å². The number of esters is 1. The zero-order valence-corrected chi connectivity index (χ0v) is 21.8. The average Bonchev–Trinajstić information content (AvgIpc) is 3.15. The molecule has 34 heavy (non-hydrogen) atoms. The van der Waals surface area contributed by atoms with Gasteiger partial charge < -0.3 is 9.84 Å². The maximum absolute atomic E-state index is 12.4. The Morgan fingerprint density at radius 1 is 1.00 bits per heavy atom. The topological polar surface area (TPSA) is 92.7 Å². The van der Waals surface area contributed by atoms with Crippen LogP contribution in [0.5, 0.6) is 0 Å². The van der Waals surface area contributed by atoms with Crippen molar-refractivity contribution in [3.8, 4) is 0 Å². The van der Waals surface area contributed by atoms with Crippen molar-refractivity contribution >= 4 is 17.7 Å². The van der Waals surface area contributed by atoms with Crippen LogP contribution in [0, 0.1) is 46.3 Å². The van der Waals surface area contributed by atoms with Gasteiger partial charge in [-0.05, 0) is 118 Å². The number of ketones is 1. The van der Waals surface area contributed by atoms with Crippen molar-refractivity contribution < 1.29 is 24.2 Å². The van der Waals surface area contributed by atoms with E-state index in [1.165, 1.54) is 45.6 Å². The molecule has 0 aliphatic heterocycles. The van der Waals surface area contributed by atoms with E-state index < -0.39 is 24.0 Å². The van der Waals surface area contributed by atoms with Crippen molar-refractivity contribution in [2.75, 3.05) is 7.11 Å². The third-order valence-electron chi connectivity index (χ3n) is 11.1. The third kappa shape index (κ3) is 4.33. The standard InChI is InChI=1S/C28H45NO5/c1-16(26(33)34-5)29-24(25(31)32)15-18-10-12-27(3)19(14-18)6-7-20-22-9-8-21(17(2)30)28(22,4)13-11-23(20)27/h16,18-24,29H,6-15H2,1-5H3,(H,31,32)/t16-,18-,19-,20-,21+,22-,23-,24?,27-,28+/m0/s1. The Morgan fingerprint density at radius 3 is 2.32 bits per heavy atom. The Hall–Kier alpha value is -1.43. The molecule has 0 amide bonds. The molecule has 0 radical (unpaired) electrons. The molecule has 2 N–H and O–H groups in total. The lowest BCUT2D eigenvalue weighted by Gasteiger charge is -2.61.